The number of hydrogen-bond donors (Lipinski definition) is 0. The summed E-state index contributed by atoms with van der Waals surface area (Å²) in [4.78, 5) is 0. The Morgan fingerprint density at radius 2 is 1.64 bits per heavy atom. The minimum absolute atomic E-state index is 0.998. The zero-order valence-electron chi connectivity index (χ0n) is 13.3. The monoisotopic (exact) mass is 286 g/mol. The molecular formula is C22H22. The average molecular weight is 286 g/mol. The molecular weight excluding hydrogens is 264 g/mol. The van der Waals surface area contributed by atoms with E-state index in [9.17, 15) is 0 Å². The van der Waals surface area contributed by atoms with Crippen molar-refractivity contribution in [2.45, 2.75) is 13.8 Å². The Kier molecular flexibility index (Phi) is 5.32. The molecule has 0 heterocycles. The molecule has 0 saturated heterocycles. The molecule has 0 heteroatoms. The molecule has 0 spiro atoms. The van der Waals surface area contributed by atoms with Crippen molar-refractivity contribution in [1.29, 1.82) is 0 Å². The lowest BCUT2D eigenvalue weighted by Gasteiger charge is -2.11. The van der Waals surface area contributed by atoms with E-state index < -0.39 is 0 Å². The van der Waals surface area contributed by atoms with Crippen LogP contribution in [0.5, 0.6) is 0 Å². The van der Waals surface area contributed by atoms with E-state index in [0.29, 0.717) is 0 Å². The quantitative estimate of drug-likeness (QED) is 0.574. The SMILES string of the molecule is C=C(/C=C\C=C/C)c1cccc(C(=C)c2ccccc2C)c1. The van der Waals surface area contributed by atoms with E-state index in [0.717, 1.165) is 22.3 Å². The van der Waals surface area contributed by atoms with E-state index in [1.54, 1.807) is 0 Å². The second kappa shape index (κ2) is 7.42. The third-order valence-electron chi connectivity index (χ3n) is 3.65. The molecule has 0 saturated carbocycles. The molecule has 0 aliphatic carbocycles. The van der Waals surface area contributed by atoms with E-state index in [2.05, 4.69) is 68.6 Å². The van der Waals surface area contributed by atoms with Gasteiger partial charge in [0, 0.05) is 0 Å². The van der Waals surface area contributed by atoms with Crippen molar-refractivity contribution in [1.82, 2.24) is 0 Å². The van der Waals surface area contributed by atoms with Crippen LogP contribution in [-0.4, -0.2) is 0 Å². The number of aryl methyl sites for hydroxylation is 1. The van der Waals surface area contributed by atoms with Crippen LogP contribution in [0.2, 0.25) is 0 Å². The zero-order chi connectivity index (χ0) is 15.9. The summed E-state index contributed by atoms with van der Waals surface area (Å²) in [5.74, 6) is 0. The van der Waals surface area contributed by atoms with Gasteiger partial charge in [-0.15, -0.1) is 0 Å². The van der Waals surface area contributed by atoms with Crippen LogP contribution in [0.1, 0.15) is 29.2 Å². The fraction of sp³-hybridized carbons (Fsp3) is 0.0909. The van der Waals surface area contributed by atoms with Crippen molar-refractivity contribution in [3.05, 3.63) is 108 Å². The smallest absolute Gasteiger partial charge is 0.0155 e. The Labute approximate surface area is 133 Å². The van der Waals surface area contributed by atoms with Crippen LogP contribution in [0.3, 0.4) is 0 Å². The van der Waals surface area contributed by atoms with Crippen LogP contribution >= 0.6 is 0 Å². The van der Waals surface area contributed by atoms with Crippen molar-refractivity contribution in [2.75, 3.05) is 0 Å². The number of benzene rings is 2. The molecule has 0 nitrogen and oxygen atoms in total. The Hall–Kier alpha value is -2.60. The van der Waals surface area contributed by atoms with Crippen molar-refractivity contribution in [2.24, 2.45) is 0 Å². The summed E-state index contributed by atoms with van der Waals surface area (Å²) in [5, 5.41) is 0. The van der Waals surface area contributed by atoms with Crippen molar-refractivity contribution < 1.29 is 0 Å². The van der Waals surface area contributed by atoms with E-state index in [4.69, 9.17) is 0 Å². The standard InChI is InChI=1S/C22H22/c1-5-6-7-11-17(2)20-13-10-14-21(16-20)19(4)22-15-9-8-12-18(22)3/h5-16H,2,4H2,1,3H3/b6-5-,11-7-. The van der Waals surface area contributed by atoms with Gasteiger partial charge < -0.3 is 0 Å². The van der Waals surface area contributed by atoms with Gasteiger partial charge in [0.2, 0.25) is 0 Å². The predicted molar refractivity (Wildman–Crippen MR) is 98.7 cm³/mol. The van der Waals surface area contributed by atoms with Crippen LogP contribution in [0.15, 0.2) is 86.0 Å². The topological polar surface area (TPSA) is 0 Å². The van der Waals surface area contributed by atoms with E-state index in [1.807, 2.05) is 31.2 Å². The van der Waals surface area contributed by atoms with Crippen LogP contribution in [0.4, 0.5) is 0 Å². The molecule has 0 unspecified atom stereocenters. The maximum absolute atomic E-state index is 4.27. The first-order valence-electron chi connectivity index (χ1n) is 7.47. The Morgan fingerprint density at radius 1 is 0.909 bits per heavy atom. The lowest BCUT2D eigenvalue weighted by Crippen LogP contribution is -1.91. The first kappa shape index (κ1) is 15.8. The van der Waals surface area contributed by atoms with Gasteiger partial charge in [0.15, 0.2) is 0 Å². The van der Waals surface area contributed by atoms with Gasteiger partial charge in [-0.2, -0.15) is 0 Å². The molecule has 2 aromatic carbocycles. The molecule has 0 atom stereocenters. The van der Waals surface area contributed by atoms with Crippen molar-refractivity contribution in [3.63, 3.8) is 0 Å². The van der Waals surface area contributed by atoms with Crippen LogP contribution < -0.4 is 0 Å². The fourth-order valence-corrected chi connectivity index (χ4v) is 2.35. The van der Waals surface area contributed by atoms with Crippen LogP contribution in [-0.2, 0) is 0 Å². The maximum atomic E-state index is 4.27. The molecule has 0 amide bonds. The fourth-order valence-electron chi connectivity index (χ4n) is 2.35. The molecule has 0 aliphatic heterocycles. The highest BCUT2D eigenvalue weighted by molar-refractivity contribution is 5.82. The zero-order valence-corrected chi connectivity index (χ0v) is 13.3. The molecule has 2 aromatic rings. The first-order valence-corrected chi connectivity index (χ1v) is 7.47. The van der Waals surface area contributed by atoms with Gasteiger partial charge >= 0.3 is 0 Å². The summed E-state index contributed by atoms with van der Waals surface area (Å²) in [5.41, 5.74) is 6.72. The highest BCUT2D eigenvalue weighted by Gasteiger charge is 2.06. The molecule has 0 aliphatic rings. The summed E-state index contributed by atoms with van der Waals surface area (Å²) >= 11 is 0. The Balaban J connectivity index is 2.31. The van der Waals surface area contributed by atoms with Gasteiger partial charge in [-0.1, -0.05) is 79.9 Å². The Bertz CT molecular complexity index is 742. The first-order chi connectivity index (χ1) is 10.6. The predicted octanol–water partition coefficient (Wildman–Crippen LogP) is 6.20. The number of hydrogen-bond acceptors (Lipinski definition) is 0. The minimum atomic E-state index is 0.998. The number of rotatable bonds is 5. The highest BCUT2D eigenvalue weighted by Crippen LogP contribution is 2.26. The van der Waals surface area contributed by atoms with Gasteiger partial charge in [-0.3, -0.25) is 0 Å². The molecule has 0 radical (unpaired) electrons. The second-order valence-corrected chi connectivity index (χ2v) is 5.28. The third kappa shape index (κ3) is 3.73. The van der Waals surface area contributed by atoms with Crippen LogP contribution in [0, 0.1) is 6.92 Å². The molecule has 0 N–H and O–H groups in total. The summed E-state index contributed by atoms with van der Waals surface area (Å²) in [6, 6.07) is 16.7. The van der Waals surface area contributed by atoms with Crippen molar-refractivity contribution >= 4 is 11.1 Å². The summed E-state index contributed by atoms with van der Waals surface area (Å²) < 4.78 is 0. The van der Waals surface area contributed by atoms with E-state index in [-0.39, 0.29) is 0 Å². The van der Waals surface area contributed by atoms with Gasteiger partial charge in [0.25, 0.3) is 0 Å². The molecule has 22 heavy (non-hydrogen) atoms. The highest BCUT2D eigenvalue weighted by atomic mass is 14.1. The third-order valence-corrected chi connectivity index (χ3v) is 3.65. The second-order valence-electron chi connectivity index (χ2n) is 5.28. The molecule has 110 valence electrons. The summed E-state index contributed by atoms with van der Waals surface area (Å²) in [7, 11) is 0. The molecule has 0 aromatic heterocycles. The minimum Gasteiger partial charge on any atom is -0.0912 e. The van der Waals surface area contributed by atoms with Gasteiger partial charge in [0.1, 0.15) is 0 Å². The maximum Gasteiger partial charge on any atom is -0.0155 e. The van der Waals surface area contributed by atoms with Crippen LogP contribution in [0.25, 0.3) is 11.1 Å². The molecule has 2 rings (SSSR count). The van der Waals surface area contributed by atoms with E-state index >= 15 is 0 Å². The number of allylic oxidation sites excluding steroid dienone is 5. The van der Waals surface area contributed by atoms with Gasteiger partial charge in [0.05, 0.1) is 0 Å². The molecule has 0 fully saturated rings. The largest absolute Gasteiger partial charge is 0.0912 e. The summed E-state index contributed by atoms with van der Waals surface area (Å²) in [6.45, 7) is 12.5. The van der Waals surface area contributed by atoms with Gasteiger partial charge in [-0.05, 0) is 53.3 Å². The normalized spacial score (nSPS) is 11.2. The molecule has 0 bridgehead atoms. The average Bonchev–Trinajstić information content (AvgIpc) is 2.55. The lowest BCUT2D eigenvalue weighted by molar-refractivity contribution is 1.41. The van der Waals surface area contributed by atoms with E-state index in [1.165, 1.54) is 11.1 Å². The van der Waals surface area contributed by atoms with Crippen molar-refractivity contribution in [3.8, 4) is 0 Å². The van der Waals surface area contributed by atoms with Gasteiger partial charge in [-0.25, -0.2) is 0 Å². The Morgan fingerprint density at radius 3 is 2.36 bits per heavy atom. The summed E-state index contributed by atoms with van der Waals surface area (Å²) in [6.07, 6.45) is 8.03. The lowest BCUT2D eigenvalue weighted by atomic mass is 9.93.